The molecule has 9 heteroatoms. The Kier molecular flexibility index (Phi) is 6.82. The van der Waals surface area contributed by atoms with Gasteiger partial charge in [-0.05, 0) is 31.0 Å². The summed E-state index contributed by atoms with van der Waals surface area (Å²) in [6.07, 6.45) is 1.41. The molecule has 0 fully saturated rings. The van der Waals surface area contributed by atoms with E-state index in [0.29, 0.717) is 27.6 Å². The largest absolute Gasteiger partial charge is 0.308 e. The van der Waals surface area contributed by atoms with Crippen molar-refractivity contribution in [3.05, 3.63) is 56.9 Å². The van der Waals surface area contributed by atoms with Gasteiger partial charge in [0.2, 0.25) is 5.91 Å². The third kappa shape index (κ3) is 5.10. The van der Waals surface area contributed by atoms with Crippen LogP contribution in [0.2, 0.25) is 10.0 Å². The summed E-state index contributed by atoms with van der Waals surface area (Å²) in [5.74, 6) is 0.181. The third-order valence-corrected chi connectivity index (χ3v) is 5.66. The van der Waals surface area contributed by atoms with Crippen LogP contribution in [-0.2, 0) is 11.3 Å². The van der Waals surface area contributed by atoms with Crippen molar-refractivity contribution in [3.63, 3.8) is 0 Å². The fourth-order valence-corrected chi connectivity index (χ4v) is 4.05. The number of carbonyl (C=O) groups excluding carboxylic acids is 1. The predicted molar refractivity (Wildman–Crippen MR) is 119 cm³/mol. The average Bonchev–Trinajstić information content (AvgIpc) is 2.66. The molecule has 2 aromatic heterocycles. The normalized spacial score (nSPS) is 12.3. The van der Waals surface area contributed by atoms with Gasteiger partial charge in [0, 0.05) is 12.7 Å². The molecule has 0 spiro atoms. The standard InChI is InChI=1S/C20H20Cl2N4O2S/c1-11(2)10-26-19(28)14-6-4-5-7-16(14)24-20(26)29-12(3)18(27)25-17-15(22)8-13(21)9-23-17/h4-9,11-12H,10H2,1-3H3,(H,23,25,27). The van der Waals surface area contributed by atoms with Gasteiger partial charge in [-0.2, -0.15) is 0 Å². The Hall–Kier alpha value is -2.09. The van der Waals surface area contributed by atoms with Crippen LogP contribution in [-0.4, -0.2) is 25.7 Å². The van der Waals surface area contributed by atoms with Crippen LogP contribution in [0.1, 0.15) is 20.8 Å². The van der Waals surface area contributed by atoms with Crippen LogP contribution >= 0.6 is 35.0 Å². The van der Waals surface area contributed by atoms with Gasteiger partial charge in [-0.15, -0.1) is 0 Å². The first-order chi connectivity index (χ1) is 13.8. The lowest BCUT2D eigenvalue weighted by Gasteiger charge is -2.17. The molecule has 152 valence electrons. The molecule has 0 aliphatic heterocycles. The number of pyridine rings is 1. The molecule has 1 unspecified atom stereocenters. The summed E-state index contributed by atoms with van der Waals surface area (Å²) in [6.45, 7) is 6.31. The van der Waals surface area contributed by atoms with Gasteiger partial charge < -0.3 is 5.32 Å². The molecule has 1 aromatic carbocycles. The predicted octanol–water partition coefficient (Wildman–Crippen LogP) is 4.87. The number of halogens is 2. The summed E-state index contributed by atoms with van der Waals surface area (Å²) < 4.78 is 1.63. The number of para-hydroxylation sites is 1. The molecule has 3 rings (SSSR count). The second-order valence-electron chi connectivity index (χ2n) is 6.95. The van der Waals surface area contributed by atoms with Gasteiger partial charge in [-0.3, -0.25) is 14.2 Å². The fraction of sp³-hybridized carbons (Fsp3) is 0.300. The van der Waals surface area contributed by atoms with Gasteiger partial charge in [0.05, 0.1) is 26.2 Å². The number of hydrogen-bond donors (Lipinski definition) is 1. The first kappa shape index (κ1) is 21.6. The van der Waals surface area contributed by atoms with Gasteiger partial charge in [0.15, 0.2) is 11.0 Å². The Labute approximate surface area is 182 Å². The van der Waals surface area contributed by atoms with Gasteiger partial charge in [0.1, 0.15) is 0 Å². The van der Waals surface area contributed by atoms with Crippen molar-refractivity contribution in [2.75, 3.05) is 5.32 Å². The number of aromatic nitrogens is 3. The van der Waals surface area contributed by atoms with E-state index < -0.39 is 5.25 Å². The minimum atomic E-state index is -0.532. The van der Waals surface area contributed by atoms with Gasteiger partial charge >= 0.3 is 0 Å². The molecular formula is C20H20Cl2N4O2S. The Morgan fingerprint density at radius 1 is 1.24 bits per heavy atom. The zero-order valence-corrected chi connectivity index (χ0v) is 18.5. The van der Waals surface area contributed by atoms with Crippen molar-refractivity contribution in [3.8, 4) is 0 Å². The number of thioether (sulfide) groups is 1. The molecule has 29 heavy (non-hydrogen) atoms. The number of hydrogen-bond acceptors (Lipinski definition) is 5. The fourth-order valence-electron chi connectivity index (χ4n) is 2.70. The van der Waals surface area contributed by atoms with E-state index in [1.165, 1.54) is 24.0 Å². The molecular weight excluding hydrogens is 431 g/mol. The summed E-state index contributed by atoms with van der Waals surface area (Å²) >= 11 is 13.1. The number of carbonyl (C=O) groups is 1. The van der Waals surface area contributed by atoms with Crippen molar-refractivity contribution in [2.45, 2.75) is 37.7 Å². The number of fused-ring (bicyclic) bond motifs is 1. The first-order valence-electron chi connectivity index (χ1n) is 9.04. The number of nitrogens with zero attached hydrogens (tertiary/aromatic N) is 3. The summed E-state index contributed by atoms with van der Waals surface area (Å²) in [7, 11) is 0. The highest BCUT2D eigenvalue weighted by Crippen LogP contribution is 2.26. The highest BCUT2D eigenvalue weighted by molar-refractivity contribution is 8.00. The van der Waals surface area contributed by atoms with E-state index in [4.69, 9.17) is 23.2 Å². The zero-order chi connectivity index (χ0) is 21.1. The smallest absolute Gasteiger partial charge is 0.262 e. The van der Waals surface area contributed by atoms with Crippen LogP contribution < -0.4 is 10.9 Å². The first-order valence-corrected chi connectivity index (χ1v) is 10.7. The van der Waals surface area contributed by atoms with Crippen LogP contribution in [0.5, 0.6) is 0 Å². The quantitative estimate of drug-likeness (QED) is 0.427. The van der Waals surface area contributed by atoms with E-state index in [2.05, 4.69) is 15.3 Å². The summed E-state index contributed by atoms with van der Waals surface area (Å²) in [6, 6.07) is 8.72. The molecule has 0 bridgehead atoms. The van der Waals surface area contributed by atoms with E-state index in [9.17, 15) is 9.59 Å². The van der Waals surface area contributed by atoms with Crippen LogP contribution in [0.3, 0.4) is 0 Å². The number of rotatable bonds is 6. The van der Waals surface area contributed by atoms with E-state index in [1.54, 1.807) is 23.6 Å². The van der Waals surface area contributed by atoms with Crippen LogP contribution in [0.25, 0.3) is 10.9 Å². The topological polar surface area (TPSA) is 76.9 Å². The lowest BCUT2D eigenvalue weighted by molar-refractivity contribution is -0.115. The average molecular weight is 451 g/mol. The molecule has 2 heterocycles. The highest BCUT2D eigenvalue weighted by Gasteiger charge is 2.21. The molecule has 0 aliphatic rings. The molecule has 1 atom stereocenters. The second kappa shape index (κ2) is 9.15. The molecule has 1 N–H and O–H groups in total. The third-order valence-electron chi connectivity index (χ3n) is 4.08. The van der Waals surface area contributed by atoms with Crippen LogP contribution in [0, 0.1) is 5.92 Å². The summed E-state index contributed by atoms with van der Waals surface area (Å²) in [5, 5.41) is 3.86. The van der Waals surface area contributed by atoms with Crippen molar-refractivity contribution in [2.24, 2.45) is 5.92 Å². The second-order valence-corrected chi connectivity index (χ2v) is 9.11. The highest BCUT2D eigenvalue weighted by atomic mass is 35.5. The van der Waals surface area contributed by atoms with Crippen molar-refractivity contribution in [1.82, 2.24) is 14.5 Å². The number of anilines is 1. The number of amides is 1. The van der Waals surface area contributed by atoms with Crippen molar-refractivity contribution in [1.29, 1.82) is 0 Å². The van der Waals surface area contributed by atoms with Crippen LogP contribution in [0.4, 0.5) is 5.82 Å². The van der Waals surface area contributed by atoms with Crippen molar-refractivity contribution < 1.29 is 4.79 Å². The maximum Gasteiger partial charge on any atom is 0.262 e. The van der Waals surface area contributed by atoms with Crippen molar-refractivity contribution >= 4 is 57.6 Å². The van der Waals surface area contributed by atoms with E-state index >= 15 is 0 Å². The monoisotopic (exact) mass is 450 g/mol. The molecule has 0 radical (unpaired) electrons. The SMILES string of the molecule is CC(C)Cn1c(SC(C)C(=O)Nc2ncc(Cl)cc2Cl)nc2ccccc2c1=O. The Bertz CT molecular complexity index is 1120. The summed E-state index contributed by atoms with van der Waals surface area (Å²) in [5.41, 5.74) is 0.497. The molecule has 0 aliphatic carbocycles. The minimum absolute atomic E-state index is 0.109. The maximum atomic E-state index is 13.0. The summed E-state index contributed by atoms with van der Waals surface area (Å²) in [4.78, 5) is 34.3. The van der Waals surface area contributed by atoms with E-state index in [-0.39, 0.29) is 28.2 Å². The molecule has 6 nitrogen and oxygen atoms in total. The van der Waals surface area contributed by atoms with E-state index in [1.807, 2.05) is 26.0 Å². The van der Waals surface area contributed by atoms with Gasteiger partial charge in [0.25, 0.3) is 5.56 Å². The Morgan fingerprint density at radius 3 is 2.66 bits per heavy atom. The lowest BCUT2D eigenvalue weighted by Crippen LogP contribution is -2.28. The Balaban J connectivity index is 1.89. The minimum Gasteiger partial charge on any atom is -0.308 e. The number of nitrogens with one attached hydrogen (secondary N) is 1. The Morgan fingerprint density at radius 2 is 1.97 bits per heavy atom. The van der Waals surface area contributed by atoms with Gasteiger partial charge in [-0.1, -0.05) is 60.9 Å². The lowest BCUT2D eigenvalue weighted by atomic mass is 10.2. The zero-order valence-electron chi connectivity index (χ0n) is 16.1. The molecule has 3 aromatic rings. The number of benzene rings is 1. The molecule has 0 saturated carbocycles. The molecule has 1 amide bonds. The van der Waals surface area contributed by atoms with E-state index in [0.717, 1.165) is 0 Å². The van der Waals surface area contributed by atoms with Gasteiger partial charge in [-0.25, -0.2) is 9.97 Å². The van der Waals surface area contributed by atoms with Crippen LogP contribution in [0.15, 0.2) is 46.5 Å². The molecule has 0 saturated heterocycles. The maximum absolute atomic E-state index is 13.0.